The Morgan fingerprint density at radius 2 is 1.83 bits per heavy atom. The summed E-state index contributed by atoms with van der Waals surface area (Å²) in [7, 11) is 2.14. The zero-order valence-corrected chi connectivity index (χ0v) is 12.5. The van der Waals surface area contributed by atoms with Gasteiger partial charge < -0.3 is 10.2 Å². The Balaban J connectivity index is 1.63. The molecule has 1 saturated heterocycles. The average molecular weight is 252 g/mol. The lowest BCUT2D eigenvalue weighted by Gasteiger charge is -2.33. The third kappa shape index (κ3) is 3.96. The minimum absolute atomic E-state index is 0.808. The predicted molar refractivity (Wildman–Crippen MR) is 78.9 cm³/mol. The van der Waals surface area contributed by atoms with Gasteiger partial charge in [0.2, 0.25) is 0 Å². The Labute approximate surface area is 114 Å². The molecule has 2 rings (SSSR count). The summed E-state index contributed by atoms with van der Waals surface area (Å²) in [6.07, 6.45) is 11.5. The number of nitrogens with one attached hydrogen (secondary N) is 1. The van der Waals surface area contributed by atoms with Crippen molar-refractivity contribution in [3.05, 3.63) is 0 Å². The third-order valence-electron chi connectivity index (χ3n) is 5.25. The van der Waals surface area contributed by atoms with Crippen LogP contribution in [0.3, 0.4) is 0 Å². The normalized spacial score (nSPS) is 31.0. The summed E-state index contributed by atoms with van der Waals surface area (Å²) in [5.41, 5.74) is 0. The highest BCUT2D eigenvalue weighted by atomic mass is 15.1. The van der Waals surface area contributed by atoms with Gasteiger partial charge in [-0.1, -0.05) is 26.2 Å². The summed E-state index contributed by atoms with van der Waals surface area (Å²) < 4.78 is 0. The fraction of sp³-hybridized carbons (Fsp3) is 1.00. The van der Waals surface area contributed by atoms with Crippen LogP contribution in [0.4, 0.5) is 0 Å². The van der Waals surface area contributed by atoms with Crippen molar-refractivity contribution >= 4 is 0 Å². The van der Waals surface area contributed by atoms with Gasteiger partial charge in [-0.3, -0.25) is 0 Å². The maximum atomic E-state index is 3.51. The van der Waals surface area contributed by atoms with Crippen LogP contribution in [0.2, 0.25) is 0 Å². The number of likely N-dealkylation sites (tertiary alicyclic amines) is 1. The molecule has 2 aliphatic rings. The van der Waals surface area contributed by atoms with E-state index in [9.17, 15) is 0 Å². The van der Waals surface area contributed by atoms with E-state index >= 15 is 0 Å². The largest absolute Gasteiger partial charge is 0.317 e. The average Bonchev–Trinajstić information content (AvgIpc) is 2.86. The topological polar surface area (TPSA) is 15.3 Å². The van der Waals surface area contributed by atoms with Crippen molar-refractivity contribution in [2.75, 3.05) is 26.7 Å². The van der Waals surface area contributed by atoms with Gasteiger partial charge in [-0.15, -0.1) is 0 Å². The molecule has 0 aromatic heterocycles. The molecule has 0 spiro atoms. The van der Waals surface area contributed by atoms with Crippen LogP contribution < -0.4 is 5.32 Å². The maximum Gasteiger partial charge on any atom is 0.00928 e. The Hall–Kier alpha value is -0.0800. The second-order valence-corrected chi connectivity index (χ2v) is 6.45. The monoisotopic (exact) mass is 252 g/mol. The molecule has 0 amide bonds. The summed E-state index contributed by atoms with van der Waals surface area (Å²) in [5.74, 6) is 1.98. The highest BCUT2D eigenvalue weighted by molar-refractivity contribution is 4.83. The Morgan fingerprint density at radius 1 is 1.06 bits per heavy atom. The van der Waals surface area contributed by atoms with E-state index in [1.54, 1.807) is 0 Å². The SMILES string of the molecule is CCCC1CCN(CCC2CCCC2NC)CC1. The van der Waals surface area contributed by atoms with Crippen molar-refractivity contribution in [2.45, 2.75) is 64.3 Å². The molecule has 1 aliphatic carbocycles. The molecular weight excluding hydrogens is 220 g/mol. The molecule has 2 heteroatoms. The van der Waals surface area contributed by atoms with E-state index in [4.69, 9.17) is 0 Å². The summed E-state index contributed by atoms with van der Waals surface area (Å²) in [5, 5.41) is 3.51. The number of rotatable bonds is 6. The molecule has 0 radical (unpaired) electrons. The molecule has 0 bridgehead atoms. The van der Waals surface area contributed by atoms with Crippen molar-refractivity contribution in [1.29, 1.82) is 0 Å². The minimum atomic E-state index is 0.808. The summed E-state index contributed by atoms with van der Waals surface area (Å²) in [4.78, 5) is 2.72. The molecule has 2 fully saturated rings. The Bertz CT molecular complexity index is 221. The van der Waals surface area contributed by atoms with Crippen molar-refractivity contribution in [3.63, 3.8) is 0 Å². The van der Waals surface area contributed by atoms with Gasteiger partial charge >= 0.3 is 0 Å². The molecular formula is C16H32N2. The van der Waals surface area contributed by atoms with Crippen LogP contribution in [-0.4, -0.2) is 37.6 Å². The Kier molecular flexibility index (Phi) is 5.97. The fourth-order valence-corrected chi connectivity index (χ4v) is 4.02. The smallest absolute Gasteiger partial charge is 0.00928 e. The van der Waals surface area contributed by atoms with E-state index in [0.29, 0.717) is 0 Å². The molecule has 106 valence electrons. The number of hydrogen-bond acceptors (Lipinski definition) is 2. The molecule has 1 heterocycles. The van der Waals surface area contributed by atoms with Crippen molar-refractivity contribution in [3.8, 4) is 0 Å². The second-order valence-electron chi connectivity index (χ2n) is 6.45. The first kappa shape index (κ1) is 14.3. The first-order chi connectivity index (χ1) is 8.83. The molecule has 0 aromatic carbocycles. The van der Waals surface area contributed by atoms with Gasteiger partial charge in [0.05, 0.1) is 0 Å². The van der Waals surface area contributed by atoms with Crippen LogP contribution >= 0.6 is 0 Å². The van der Waals surface area contributed by atoms with E-state index in [1.807, 2.05) is 0 Å². The number of nitrogens with zero attached hydrogens (tertiary/aromatic N) is 1. The van der Waals surface area contributed by atoms with Crippen LogP contribution in [0, 0.1) is 11.8 Å². The highest BCUT2D eigenvalue weighted by Gasteiger charge is 2.26. The van der Waals surface area contributed by atoms with E-state index < -0.39 is 0 Å². The van der Waals surface area contributed by atoms with Crippen molar-refractivity contribution in [1.82, 2.24) is 10.2 Å². The van der Waals surface area contributed by atoms with Gasteiger partial charge in [0, 0.05) is 6.04 Å². The molecule has 18 heavy (non-hydrogen) atoms. The quantitative estimate of drug-likeness (QED) is 0.780. The first-order valence-electron chi connectivity index (χ1n) is 8.23. The molecule has 1 saturated carbocycles. The lowest BCUT2D eigenvalue weighted by atomic mass is 9.92. The van der Waals surface area contributed by atoms with Gasteiger partial charge in [0.25, 0.3) is 0 Å². The molecule has 1 aliphatic heterocycles. The second kappa shape index (κ2) is 7.49. The van der Waals surface area contributed by atoms with Gasteiger partial charge in [-0.05, 0) is 70.6 Å². The summed E-state index contributed by atoms with van der Waals surface area (Å²) in [6.45, 7) is 6.40. The first-order valence-corrected chi connectivity index (χ1v) is 8.23. The third-order valence-corrected chi connectivity index (χ3v) is 5.25. The predicted octanol–water partition coefficient (Wildman–Crippen LogP) is 3.28. The lowest BCUT2D eigenvalue weighted by Crippen LogP contribution is -2.37. The van der Waals surface area contributed by atoms with Crippen LogP contribution in [0.1, 0.15) is 58.3 Å². The highest BCUT2D eigenvalue weighted by Crippen LogP contribution is 2.29. The molecule has 2 nitrogen and oxygen atoms in total. The summed E-state index contributed by atoms with van der Waals surface area (Å²) >= 11 is 0. The van der Waals surface area contributed by atoms with E-state index in [2.05, 4.69) is 24.2 Å². The summed E-state index contributed by atoms with van der Waals surface area (Å²) in [6, 6.07) is 0.808. The molecule has 0 aromatic rings. The van der Waals surface area contributed by atoms with Crippen LogP contribution in [0.5, 0.6) is 0 Å². The standard InChI is InChI=1S/C16H32N2/c1-3-5-14-8-11-18(12-9-14)13-10-15-6-4-7-16(15)17-2/h14-17H,3-13H2,1-2H3. The molecule has 2 unspecified atom stereocenters. The van der Waals surface area contributed by atoms with Gasteiger partial charge in [0.15, 0.2) is 0 Å². The zero-order chi connectivity index (χ0) is 12.8. The zero-order valence-electron chi connectivity index (χ0n) is 12.5. The molecule has 1 N–H and O–H groups in total. The van der Waals surface area contributed by atoms with Gasteiger partial charge in [-0.25, -0.2) is 0 Å². The van der Waals surface area contributed by atoms with E-state index in [0.717, 1.165) is 17.9 Å². The van der Waals surface area contributed by atoms with Gasteiger partial charge in [0.1, 0.15) is 0 Å². The fourth-order valence-electron chi connectivity index (χ4n) is 4.02. The van der Waals surface area contributed by atoms with Crippen molar-refractivity contribution < 1.29 is 0 Å². The Morgan fingerprint density at radius 3 is 2.50 bits per heavy atom. The number of hydrogen-bond donors (Lipinski definition) is 1. The molecule has 2 atom stereocenters. The number of piperidine rings is 1. The van der Waals surface area contributed by atoms with E-state index in [1.165, 1.54) is 71.0 Å². The van der Waals surface area contributed by atoms with Gasteiger partial charge in [-0.2, -0.15) is 0 Å². The van der Waals surface area contributed by atoms with Crippen molar-refractivity contribution in [2.24, 2.45) is 11.8 Å². The van der Waals surface area contributed by atoms with Crippen LogP contribution in [0.25, 0.3) is 0 Å². The minimum Gasteiger partial charge on any atom is -0.317 e. The van der Waals surface area contributed by atoms with Crippen LogP contribution in [0.15, 0.2) is 0 Å². The maximum absolute atomic E-state index is 3.51. The lowest BCUT2D eigenvalue weighted by molar-refractivity contribution is 0.166. The van der Waals surface area contributed by atoms with E-state index in [-0.39, 0.29) is 0 Å². The van der Waals surface area contributed by atoms with Crippen LogP contribution in [-0.2, 0) is 0 Å².